The molecule has 0 radical (unpaired) electrons. The number of carbonyl (C=O) groups is 1. The standard InChI is InChI=1S/C15H17N3O2/c16-8-7-14(19)18-12-5-3-10(4-6-12)13-9-17-15(20-13)11-1-2-11/h3-6,9,11H,1-2,7-8,16H2,(H,18,19). The molecule has 1 saturated carbocycles. The number of anilines is 1. The van der Waals surface area contributed by atoms with E-state index in [1.807, 2.05) is 24.3 Å². The average molecular weight is 271 g/mol. The highest BCUT2D eigenvalue weighted by Crippen LogP contribution is 2.40. The molecule has 0 unspecified atom stereocenters. The van der Waals surface area contributed by atoms with Gasteiger partial charge in [0.15, 0.2) is 11.7 Å². The van der Waals surface area contributed by atoms with Crippen molar-refractivity contribution in [1.82, 2.24) is 4.98 Å². The fraction of sp³-hybridized carbons (Fsp3) is 0.333. The fourth-order valence-corrected chi connectivity index (χ4v) is 2.01. The summed E-state index contributed by atoms with van der Waals surface area (Å²) in [6, 6.07) is 7.52. The maximum Gasteiger partial charge on any atom is 0.225 e. The minimum Gasteiger partial charge on any atom is -0.440 e. The monoisotopic (exact) mass is 271 g/mol. The van der Waals surface area contributed by atoms with Crippen LogP contribution in [0.1, 0.15) is 31.1 Å². The first-order chi connectivity index (χ1) is 9.76. The van der Waals surface area contributed by atoms with E-state index in [0.717, 1.165) is 22.9 Å². The predicted octanol–water partition coefficient (Wildman–Crippen LogP) is 2.51. The molecule has 1 heterocycles. The van der Waals surface area contributed by atoms with E-state index >= 15 is 0 Å². The van der Waals surface area contributed by atoms with Gasteiger partial charge in [-0.2, -0.15) is 0 Å². The summed E-state index contributed by atoms with van der Waals surface area (Å²) in [7, 11) is 0. The van der Waals surface area contributed by atoms with Crippen molar-refractivity contribution >= 4 is 11.6 Å². The first-order valence-corrected chi connectivity index (χ1v) is 6.82. The van der Waals surface area contributed by atoms with Crippen molar-refractivity contribution in [2.45, 2.75) is 25.2 Å². The molecule has 3 rings (SSSR count). The van der Waals surface area contributed by atoms with Crippen LogP contribution in [0.2, 0.25) is 0 Å². The first-order valence-electron chi connectivity index (χ1n) is 6.82. The summed E-state index contributed by atoms with van der Waals surface area (Å²) in [6.45, 7) is 0.353. The number of benzene rings is 1. The summed E-state index contributed by atoms with van der Waals surface area (Å²) < 4.78 is 5.74. The van der Waals surface area contributed by atoms with Crippen LogP contribution in [0, 0.1) is 0 Å². The van der Waals surface area contributed by atoms with Crippen molar-refractivity contribution in [1.29, 1.82) is 0 Å². The second kappa shape index (κ2) is 5.46. The van der Waals surface area contributed by atoms with E-state index in [1.54, 1.807) is 6.20 Å². The quantitative estimate of drug-likeness (QED) is 0.875. The van der Waals surface area contributed by atoms with Crippen molar-refractivity contribution in [3.05, 3.63) is 36.4 Å². The number of nitrogens with one attached hydrogen (secondary N) is 1. The van der Waals surface area contributed by atoms with E-state index in [9.17, 15) is 4.79 Å². The molecule has 5 heteroatoms. The van der Waals surface area contributed by atoms with Gasteiger partial charge in [0.2, 0.25) is 5.91 Å². The van der Waals surface area contributed by atoms with Gasteiger partial charge < -0.3 is 15.5 Å². The molecule has 5 nitrogen and oxygen atoms in total. The molecule has 3 N–H and O–H groups in total. The molecule has 0 spiro atoms. The lowest BCUT2D eigenvalue weighted by atomic mass is 10.1. The Kier molecular flexibility index (Phi) is 3.52. The molecule has 1 fully saturated rings. The maximum absolute atomic E-state index is 11.4. The normalized spacial score (nSPS) is 14.2. The predicted molar refractivity (Wildman–Crippen MR) is 76.2 cm³/mol. The summed E-state index contributed by atoms with van der Waals surface area (Å²) in [4.78, 5) is 15.7. The van der Waals surface area contributed by atoms with Crippen LogP contribution in [0.15, 0.2) is 34.9 Å². The Balaban J connectivity index is 1.69. The van der Waals surface area contributed by atoms with Crippen molar-refractivity contribution in [3.8, 4) is 11.3 Å². The smallest absolute Gasteiger partial charge is 0.225 e. The lowest BCUT2D eigenvalue weighted by molar-refractivity contribution is -0.116. The van der Waals surface area contributed by atoms with E-state index in [2.05, 4.69) is 10.3 Å². The van der Waals surface area contributed by atoms with Gasteiger partial charge in [-0.25, -0.2) is 4.98 Å². The summed E-state index contributed by atoms with van der Waals surface area (Å²) in [5.41, 5.74) is 7.05. The third-order valence-corrected chi connectivity index (χ3v) is 3.27. The van der Waals surface area contributed by atoms with Gasteiger partial charge in [0.1, 0.15) is 0 Å². The molecule has 1 aliphatic rings. The maximum atomic E-state index is 11.4. The van der Waals surface area contributed by atoms with Crippen molar-refractivity contribution in [3.63, 3.8) is 0 Å². The van der Waals surface area contributed by atoms with Crippen LogP contribution in [0.3, 0.4) is 0 Å². The minimum absolute atomic E-state index is 0.0732. The number of rotatable bonds is 5. The van der Waals surface area contributed by atoms with Crippen LogP contribution < -0.4 is 11.1 Å². The lowest BCUT2D eigenvalue weighted by Crippen LogP contribution is -2.15. The molecule has 20 heavy (non-hydrogen) atoms. The molecule has 0 saturated heterocycles. The number of nitrogens with two attached hydrogens (primary N) is 1. The second-order valence-corrected chi connectivity index (χ2v) is 5.00. The lowest BCUT2D eigenvalue weighted by Gasteiger charge is -2.04. The van der Waals surface area contributed by atoms with Gasteiger partial charge >= 0.3 is 0 Å². The zero-order valence-electron chi connectivity index (χ0n) is 11.1. The van der Waals surface area contributed by atoms with E-state index in [1.165, 1.54) is 12.8 Å². The molecule has 1 amide bonds. The highest BCUT2D eigenvalue weighted by atomic mass is 16.4. The van der Waals surface area contributed by atoms with Crippen molar-refractivity contribution in [2.75, 3.05) is 11.9 Å². The van der Waals surface area contributed by atoms with Gasteiger partial charge in [0, 0.05) is 30.1 Å². The van der Waals surface area contributed by atoms with Gasteiger partial charge in [0.25, 0.3) is 0 Å². The Hall–Kier alpha value is -2.14. The van der Waals surface area contributed by atoms with Crippen LogP contribution in [-0.2, 0) is 4.79 Å². The topological polar surface area (TPSA) is 81.2 Å². The van der Waals surface area contributed by atoms with Gasteiger partial charge in [-0.05, 0) is 37.1 Å². The van der Waals surface area contributed by atoms with Crippen LogP contribution >= 0.6 is 0 Å². The molecule has 0 bridgehead atoms. The van der Waals surface area contributed by atoms with E-state index in [0.29, 0.717) is 18.9 Å². The molecule has 0 aliphatic heterocycles. The van der Waals surface area contributed by atoms with Gasteiger partial charge in [-0.15, -0.1) is 0 Å². The Bertz CT molecular complexity index is 600. The number of aromatic nitrogens is 1. The molecular formula is C15H17N3O2. The summed E-state index contributed by atoms with van der Waals surface area (Å²) in [5.74, 6) is 2.04. The van der Waals surface area contributed by atoms with Crippen LogP contribution in [0.4, 0.5) is 5.69 Å². The van der Waals surface area contributed by atoms with Crippen LogP contribution in [0.25, 0.3) is 11.3 Å². The Labute approximate surface area is 117 Å². The third-order valence-electron chi connectivity index (χ3n) is 3.27. The van der Waals surface area contributed by atoms with Gasteiger partial charge in [-0.1, -0.05) is 0 Å². The van der Waals surface area contributed by atoms with Crippen molar-refractivity contribution in [2.24, 2.45) is 5.73 Å². The minimum atomic E-state index is -0.0732. The van der Waals surface area contributed by atoms with Gasteiger partial charge in [0.05, 0.1) is 6.20 Å². The SMILES string of the molecule is NCCC(=O)Nc1ccc(-c2cnc(C3CC3)o2)cc1. The molecule has 1 aromatic heterocycles. The highest BCUT2D eigenvalue weighted by molar-refractivity contribution is 5.91. The number of carbonyl (C=O) groups excluding carboxylic acids is 1. The Morgan fingerprint density at radius 2 is 2.10 bits per heavy atom. The zero-order chi connectivity index (χ0) is 13.9. The largest absolute Gasteiger partial charge is 0.440 e. The number of hydrogen-bond acceptors (Lipinski definition) is 4. The first kappa shape index (κ1) is 12.9. The number of oxazole rings is 1. The molecule has 1 aliphatic carbocycles. The average Bonchev–Trinajstić information content (AvgIpc) is 3.18. The molecule has 0 atom stereocenters. The van der Waals surface area contributed by atoms with E-state index in [-0.39, 0.29) is 5.91 Å². The molecule has 1 aromatic carbocycles. The number of amides is 1. The number of hydrogen-bond donors (Lipinski definition) is 2. The second-order valence-electron chi connectivity index (χ2n) is 5.00. The fourth-order valence-electron chi connectivity index (χ4n) is 2.01. The van der Waals surface area contributed by atoms with Crippen LogP contribution in [-0.4, -0.2) is 17.4 Å². The van der Waals surface area contributed by atoms with E-state index in [4.69, 9.17) is 10.2 Å². The Morgan fingerprint density at radius 3 is 2.75 bits per heavy atom. The third kappa shape index (κ3) is 2.88. The molecular weight excluding hydrogens is 254 g/mol. The molecule has 104 valence electrons. The van der Waals surface area contributed by atoms with Crippen molar-refractivity contribution < 1.29 is 9.21 Å². The highest BCUT2D eigenvalue weighted by Gasteiger charge is 2.28. The molecule has 2 aromatic rings. The Morgan fingerprint density at radius 1 is 1.35 bits per heavy atom. The summed E-state index contributed by atoms with van der Waals surface area (Å²) in [6.07, 6.45) is 4.43. The summed E-state index contributed by atoms with van der Waals surface area (Å²) in [5, 5.41) is 2.79. The number of nitrogens with zero attached hydrogens (tertiary/aromatic N) is 1. The zero-order valence-corrected chi connectivity index (χ0v) is 11.1. The van der Waals surface area contributed by atoms with E-state index < -0.39 is 0 Å². The van der Waals surface area contributed by atoms with Crippen LogP contribution in [0.5, 0.6) is 0 Å². The summed E-state index contributed by atoms with van der Waals surface area (Å²) >= 11 is 0. The van der Waals surface area contributed by atoms with Gasteiger partial charge in [-0.3, -0.25) is 4.79 Å².